The smallest absolute Gasteiger partial charge is 0.308 e. The zero-order chi connectivity index (χ0) is 16.9. The number of benzene rings is 2. The van der Waals surface area contributed by atoms with E-state index in [2.05, 4.69) is 0 Å². The number of rotatable bonds is 4. The van der Waals surface area contributed by atoms with Gasteiger partial charge in [-0.15, -0.1) is 0 Å². The molecule has 0 spiro atoms. The number of hydrogen-bond acceptors (Lipinski definition) is 5. The number of aliphatic carboxylic acids is 1. The maximum Gasteiger partial charge on any atom is 0.308 e. The van der Waals surface area contributed by atoms with Gasteiger partial charge < -0.3 is 14.6 Å². The Morgan fingerprint density at radius 1 is 1.04 bits per heavy atom. The molecular weight excluding hydrogens is 332 g/mol. The van der Waals surface area contributed by atoms with Gasteiger partial charge in [0, 0.05) is 5.92 Å². The topological polar surface area (TPSA) is 89.9 Å². The molecule has 1 saturated carbocycles. The summed E-state index contributed by atoms with van der Waals surface area (Å²) in [7, 11) is -3.72. The molecule has 124 valence electrons. The molecule has 2 aromatic carbocycles. The summed E-state index contributed by atoms with van der Waals surface area (Å²) in [5, 5.41) is 8.46. The van der Waals surface area contributed by atoms with Crippen LogP contribution in [0.3, 0.4) is 0 Å². The van der Waals surface area contributed by atoms with E-state index in [0.717, 1.165) is 0 Å². The molecule has 3 atom stereocenters. The van der Waals surface area contributed by atoms with E-state index in [1.165, 1.54) is 12.1 Å². The van der Waals surface area contributed by atoms with Gasteiger partial charge in [-0.25, -0.2) is 8.42 Å². The second-order valence-corrected chi connectivity index (χ2v) is 7.93. The average molecular weight is 346 g/mol. The summed E-state index contributed by atoms with van der Waals surface area (Å²) in [5.74, 6) is -1.58. The molecule has 2 aromatic rings. The second kappa shape index (κ2) is 5.24. The Balaban J connectivity index is 1.72. The largest absolute Gasteiger partial charge is 0.481 e. The fraction of sp³-hybridized carbons (Fsp3) is 0.235. The van der Waals surface area contributed by atoms with Gasteiger partial charge in [0.15, 0.2) is 21.3 Å². The Labute approximate surface area is 138 Å². The van der Waals surface area contributed by atoms with Crippen molar-refractivity contribution in [3.8, 4) is 11.5 Å². The molecular formula is C17H14O6S. The van der Waals surface area contributed by atoms with Crippen LogP contribution in [0.1, 0.15) is 11.5 Å². The molecule has 0 bridgehead atoms. The van der Waals surface area contributed by atoms with Crippen LogP contribution < -0.4 is 9.47 Å². The maximum absolute atomic E-state index is 12.8. The summed E-state index contributed by atoms with van der Waals surface area (Å²) in [6.45, 7) is 0.109. The number of carboxylic acids is 1. The van der Waals surface area contributed by atoms with Crippen LogP contribution in [0.5, 0.6) is 11.5 Å². The van der Waals surface area contributed by atoms with Gasteiger partial charge in [0.05, 0.1) is 16.1 Å². The lowest BCUT2D eigenvalue weighted by Gasteiger charge is -2.04. The molecule has 4 rings (SSSR count). The summed E-state index contributed by atoms with van der Waals surface area (Å²) in [6.07, 6.45) is 0. The molecule has 0 saturated heterocycles. The highest BCUT2D eigenvalue weighted by molar-refractivity contribution is 7.92. The molecule has 2 aliphatic rings. The molecule has 1 N–H and O–H groups in total. The van der Waals surface area contributed by atoms with E-state index in [1.807, 2.05) is 0 Å². The maximum atomic E-state index is 12.8. The fourth-order valence-corrected chi connectivity index (χ4v) is 5.39. The zero-order valence-corrected chi connectivity index (χ0v) is 13.3. The second-order valence-electron chi connectivity index (χ2n) is 5.83. The molecule has 1 aliphatic heterocycles. The first-order valence-electron chi connectivity index (χ1n) is 7.41. The first-order valence-corrected chi connectivity index (χ1v) is 8.96. The van der Waals surface area contributed by atoms with E-state index >= 15 is 0 Å². The molecule has 7 heteroatoms. The summed E-state index contributed by atoms with van der Waals surface area (Å²) in [5.41, 5.74) is 0.635. The van der Waals surface area contributed by atoms with Crippen LogP contribution in [0.4, 0.5) is 0 Å². The fourth-order valence-electron chi connectivity index (χ4n) is 3.25. The van der Waals surface area contributed by atoms with Crippen molar-refractivity contribution < 1.29 is 27.8 Å². The minimum absolute atomic E-state index is 0.109. The van der Waals surface area contributed by atoms with Crippen molar-refractivity contribution in [3.05, 3.63) is 54.1 Å². The lowest BCUT2D eigenvalue weighted by molar-refractivity contribution is -0.138. The van der Waals surface area contributed by atoms with Crippen LogP contribution in [-0.2, 0) is 14.6 Å². The van der Waals surface area contributed by atoms with E-state index in [4.69, 9.17) is 9.47 Å². The van der Waals surface area contributed by atoms with Crippen LogP contribution in [0.25, 0.3) is 0 Å². The van der Waals surface area contributed by atoms with Crippen molar-refractivity contribution >= 4 is 15.8 Å². The van der Waals surface area contributed by atoms with Crippen LogP contribution in [0, 0.1) is 5.92 Å². The quantitative estimate of drug-likeness (QED) is 0.911. The molecule has 0 amide bonds. The first-order chi connectivity index (χ1) is 11.5. The van der Waals surface area contributed by atoms with Crippen molar-refractivity contribution in [1.29, 1.82) is 0 Å². The van der Waals surface area contributed by atoms with Crippen molar-refractivity contribution in [2.24, 2.45) is 5.92 Å². The number of fused-ring (bicyclic) bond motifs is 1. The number of sulfone groups is 1. The minimum Gasteiger partial charge on any atom is -0.481 e. The molecule has 1 aliphatic carbocycles. The van der Waals surface area contributed by atoms with E-state index in [0.29, 0.717) is 17.1 Å². The highest BCUT2D eigenvalue weighted by Gasteiger charge is 2.63. The monoisotopic (exact) mass is 346 g/mol. The summed E-state index contributed by atoms with van der Waals surface area (Å²) < 4.78 is 36.1. The summed E-state index contributed by atoms with van der Waals surface area (Å²) in [6, 6.07) is 13.0. The lowest BCUT2D eigenvalue weighted by atomic mass is 10.1. The van der Waals surface area contributed by atoms with Crippen LogP contribution in [0.2, 0.25) is 0 Å². The third-order valence-corrected chi connectivity index (χ3v) is 6.68. The third kappa shape index (κ3) is 2.24. The van der Waals surface area contributed by atoms with Gasteiger partial charge in [-0.2, -0.15) is 0 Å². The molecule has 0 unspecified atom stereocenters. The average Bonchev–Trinajstić information content (AvgIpc) is 3.19. The Bertz CT molecular complexity index is 906. The minimum atomic E-state index is -3.72. The Kier molecular flexibility index (Phi) is 3.28. The van der Waals surface area contributed by atoms with Gasteiger partial charge in [0.25, 0.3) is 0 Å². The predicted octanol–water partition coefficient (Wildman–Crippen LogP) is 2.06. The Morgan fingerprint density at radius 2 is 1.75 bits per heavy atom. The molecule has 1 fully saturated rings. The van der Waals surface area contributed by atoms with Gasteiger partial charge in [0.1, 0.15) is 0 Å². The number of carbonyl (C=O) groups is 1. The van der Waals surface area contributed by atoms with Crippen molar-refractivity contribution in [2.45, 2.75) is 16.1 Å². The van der Waals surface area contributed by atoms with E-state index in [1.54, 1.807) is 36.4 Å². The van der Waals surface area contributed by atoms with Gasteiger partial charge in [0.2, 0.25) is 6.79 Å². The summed E-state index contributed by atoms with van der Waals surface area (Å²) in [4.78, 5) is 11.7. The molecule has 0 aromatic heterocycles. The van der Waals surface area contributed by atoms with Crippen LogP contribution in [-0.4, -0.2) is 31.5 Å². The van der Waals surface area contributed by atoms with Crippen LogP contribution >= 0.6 is 0 Å². The standard InChI is InChI=1S/C17H14O6S/c18-17(19)15-14(10-6-7-12-13(8-10)23-9-22-12)16(15)24(20,21)11-4-2-1-3-5-11/h1-8,14-16H,9H2,(H,18,19)/t14-,15-,16-/m0/s1. The van der Waals surface area contributed by atoms with E-state index in [-0.39, 0.29) is 11.7 Å². The van der Waals surface area contributed by atoms with E-state index in [9.17, 15) is 18.3 Å². The Hall–Kier alpha value is -2.54. The van der Waals surface area contributed by atoms with Crippen molar-refractivity contribution in [3.63, 3.8) is 0 Å². The van der Waals surface area contributed by atoms with Gasteiger partial charge in [-0.05, 0) is 29.8 Å². The van der Waals surface area contributed by atoms with E-state index < -0.39 is 32.9 Å². The van der Waals surface area contributed by atoms with Crippen molar-refractivity contribution in [2.75, 3.05) is 6.79 Å². The Morgan fingerprint density at radius 3 is 2.46 bits per heavy atom. The highest BCUT2D eigenvalue weighted by Crippen LogP contribution is 2.55. The zero-order valence-electron chi connectivity index (χ0n) is 12.5. The molecule has 1 heterocycles. The number of ether oxygens (including phenoxy) is 2. The molecule has 6 nitrogen and oxygen atoms in total. The summed E-state index contributed by atoms with van der Waals surface area (Å²) >= 11 is 0. The normalized spacial score (nSPS) is 24.6. The van der Waals surface area contributed by atoms with Gasteiger partial charge in [-0.3, -0.25) is 4.79 Å². The SMILES string of the molecule is O=C(O)[C@H]1[C@H](c2ccc3c(c2)OCO3)[C@@H]1S(=O)(=O)c1ccccc1. The van der Waals surface area contributed by atoms with Crippen LogP contribution in [0.15, 0.2) is 53.4 Å². The third-order valence-electron chi connectivity index (χ3n) is 4.45. The van der Waals surface area contributed by atoms with Crippen molar-refractivity contribution in [1.82, 2.24) is 0 Å². The predicted molar refractivity (Wildman–Crippen MR) is 83.8 cm³/mol. The van der Waals surface area contributed by atoms with Gasteiger partial charge >= 0.3 is 5.97 Å². The van der Waals surface area contributed by atoms with Gasteiger partial charge in [-0.1, -0.05) is 24.3 Å². The highest BCUT2D eigenvalue weighted by atomic mass is 32.2. The number of carboxylic acid groups (broad SMARTS) is 1. The lowest BCUT2D eigenvalue weighted by Crippen LogP contribution is -2.13. The first kappa shape index (κ1) is 15.0. The molecule has 0 radical (unpaired) electrons. The number of hydrogen-bond donors (Lipinski definition) is 1. The molecule has 24 heavy (non-hydrogen) atoms.